The molecular formula is C23H18Cl2N2O2. The Morgan fingerprint density at radius 3 is 2.00 bits per heavy atom. The molecule has 1 heterocycles. The highest BCUT2D eigenvalue weighted by molar-refractivity contribution is 6.35. The first-order valence-corrected chi connectivity index (χ1v) is 9.81. The third-order valence-electron chi connectivity index (χ3n) is 4.96. The molecule has 0 amide bonds. The lowest BCUT2D eigenvalue weighted by atomic mass is 9.87. The number of nitrogens with one attached hydrogen (secondary N) is 1. The van der Waals surface area contributed by atoms with Gasteiger partial charge in [-0.3, -0.25) is 5.10 Å². The smallest absolute Gasteiger partial charge is 0.115 e. The predicted octanol–water partition coefficient (Wildman–Crippen LogP) is 6.61. The minimum absolute atomic E-state index is 0.0916. The number of halogens is 2. The Morgan fingerprint density at radius 2 is 1.41 bits per heavy atom. The lowest BCUT2D eigenvalue weighted by molar-refractivity contribution is 0.475. The molecule has 146 valence electrons. The van der Waals surface area contributed by atoms with E-state index < -0.39 is 0 Å². The first-order valence-electron chi connectivity index (χ1n) is 9.06. The molecule has 6 heteroatoms. The summed E-state index contributed by atoms with van der Waals surface area (Å²) < 4.78 is 0. The van der Waals surface area contributed by atoms with E-state index in [0.29, 0.717) is 10.0 Å². The van der Waals surface area contributed by atoms with Crippen molar-refractivity contribution >= 4 is 23.2 Å². The van der Waals surface area contributed by atoms with Crippen LogP contribution in [0.4, 0.5) is 0 Å². The number of benzene rings is 3. The molecule has 0 saturated carbocycles. The van der Waals surface area contributed by atoms with Crippen LogP contribution in [0, 0.1) is 0 Å². The summed E-state index contributed by atoms with van der Waals surface area (Å²) in [5.74, 6) is 0.298. The number of hydrogen-bond acceptors (Lipinski definition) is 3. The van der Waals surface area contributed by atoms with Gasteiger partial charge in [-0.15, -0.1) is 0 Å². The van der Waals surface area contributed by atoms with Gasteiger partial charge in [0.25, 0.3) is 0 Å². The number of aromatic hydroxyl groups is 2. The number of aromatic amines is 1. The maximum atomic E-state index is 9.65. The lowest BCUT2D eigenvalue weighted by Crippen LogP contribution is -2.00. The SMILES string of the molecule is CC(c1ccc(Cl)cc1Cl)c1c(-c2ccc(O)cc2)n[nH]c1-c1ccc(O)cc1. The summed E-state index contributed by atoms with van der Waals surface area (Å²) in [6.45, 7) is 2.06. The molecule has 0 aliphatic rings. The molecule has 3 N–H and O–H groups in total. The van der Waals surface area contributed by atoms with Crippen LogP contribution in [-0.4, -0.2) is 20.4 Å². The summed E-state index contributed by atoms with van der Waals surface area (Å²) >= 11 is 12.6. The van der Waals surface area contributed by atoms with Crippen molar-refractivity contribution < 1.29 is 10.2 Å². The molecule has 1 aromatic heterocycles. The maximum Gasteiger partial charge on any atom is 0.115 e. The summed E-state index contributed by atoms with van der Waals surface area (Å²) in [7, 11) is 0. The minimum Gasteiger partial charge on any atom is -0.508 e. The van der Waals surface area contributed by atoms with Crippen LogP contribution in [0.15, 0.2) is 66.7 Å². The Balaban J connectivity index is 1.91. The number of nitrogens with zero attached hydrogens (tertiary/aromatic N) is 1. The Morgan fingerprint density at radius 1 is 0.828 bits per heavy atom. The number of rotatable bonds is 4. The molecule has 4 aromatic rings. The molecule has 4 nitrogen and oxygen atoms in total. The molecule has 29 heavy (non-hydrogen) atoms. The molecule has 0 radical (unpaired) electrons. The third-order valence-corrected chi connectivity index (χ3v) is 5.53. The molecule has 1 atom stereocenters. The second-order valence-electron chi connectivity index (χ2n) is 6.84. The lowest BCUT2D eigenvalue weighted by Gasteiger charge is -2.17. The van der Waals surface area contributed by atoms with E-state index in [1.54, 1.807) is 30.3 Å². The van der Waals surface area contributed by atoms with Crippen LogP contribution < -0.4 is 0 Å². The molecule has 3 aromatic carbocycles. The van der Waals surface area contributed by atoms with E-state index in [2.05, 4.69) is 17.1 Å². The van der Waals surface area contributed by atoms with Gasteiger partial charge in [0.2, 0.25) is 0 Å². The summed E-state index contributed by atoms with van der Waals surface area (Å²) in [6.07, 6.45) is 0. The van der Waals surface area contributed by atoms with Gasteiger partial charge < -0.3 is 10.2 Å². The van der Waals surface area contributed by atoms with E-state index in [4.69, 9.17) is 23.2 Å². The van der Waals surface area contributed by atoms with E-state index >= 15 is 0 Å². The second-order valence-corrected chi connectivity index (χ2v) is 7.69. The van der Waals surface area contributed by atoms with Gasteiger partial charge in [-0.2, -0.15) is 5.10 Å². The molecule has 0 saturated heterocycles. The van der Waals surface area contributed by atoms with Gasteiger partial charge in [0.1, 0.15) is 11.5 Å². The van der Waals surface area contributed by atoms with E-state index in [9.17, 15) is 10.2 Å². The van der Waals surface area contributed by atoms with Crippen LogP contribution >= 0.6 is 23.2 Å². The monoisotopic (exact) mass is 424 g/mol. The van der Waals surface area contributed by atoms with Gasteiger partial charge in [-0.05, 0) is 66.2 Å². The summed E-state index contributed by atoms with van der Waals surface area (Å²) in [6, 6.07) is 19.3. The van der Waals surface area contributed by atoms with E-state index in [-0.39, 0.29) is 17.4 Å². The van der Waals surface area contributed by atoms with Gasteiger partial charge in [0, 0.05) is 32.7 Å². The van der Waals surface area contributed by atoms with Gasteiger partial charge in [0.15, 0.2) is 0 Å². The van der Waals surface area contributed by atoms with Crippen LogP contribution in [-0.2, 0) is 0 Å². The Kier molecular flexibility index (Phi) is 5.22. The van der Waals surface area contributed by atoms with Gasteiger partial charge >= 0.3 is 0 Å². The van der Waals surface area contributed by atoms with Gasteiger partial charge in [0.05, 0.1) is 11.4 Å². The van der Waals surface area contributed by atoms with Crippen LogP contribution in [0.3, 0.4) is 0 Å². The van der Waals surface area contributed by atoms with Crippen molar-refractivity contribution in [3.05, 3.63) is 87.9 Å². The zero-order chi connectivity index (χ0) is 20.5. The highest BCUT2D eigenvalue weighted by Gasteiger charge is 2.24. The Hall–Kier alpha value is -2.95. The zero-order valence-electron chi connectivity index (χ0n) is 15.5. The molecule has 0 spiro atoms. The Labute approximate surface area is 178 Å². The van der Waals surface area contributed by atoms with Crippen molar-refractivity contribution in [2.24, 2.45) is 0 Å². The van der Waals surface area contributed by atoms with E-state index in [1.807, 2.05) is 36.4 Å². The van der Waals surface area contributed by atoms with Gasteiger partial charge in [-0.1, -0.05) is 36.2 Å². The predicted molar refractivity (Wildman–Crippen MR) is 117 cm³/mol. The molecular weight excluding hydrogens is 407 g/mol. The topological polar surface area (TPSA) is 69.1 Å². The molecule has 0 aliphatic carbocycles. The fourth-order valence-corrected chi connectivity index (χ4v) is 4.04. The molecule has 1 unspecified atom stereocenters. The summed E-state index contributed by atoms with van der Waals surface area (Å²) in [4.78, 5) is 0. The summed E-state index contributed by atoms with van der Waals surface area (Å²) in [5, 5.41) is 28.2. The van der Waals surface area contributed by atoms with E-state index in [0.717, 1.165) is 33.6 Å². The highest BCUT2D eigenvalue weighted by atomic mass is 35.5. The summed E-state index contributed by atoms with van der Waals surface area (Å²) in [5.41, 5.74) is 5.27. The van der Waals surface area contributed by atoms with Crippen LogP contribution in [0.2, 0.25) is 10.0 Å². The van der Waals surface area contributed by atoms with Crippen molar-refractivity contribution in [2.75, 3.05) is 0 Å². The molecule has 0 bridgehead atoms. The fraction of sp³-hybridized carbons (Fsp3) is 0.0870. The molecule has 0 fully saturated rings. The van der Waals surface area contributed by atoms with Crippen molar-refractivity contribution in [3.8, 4) is 34.0 Å². The molecule has 4 rings (SSSR count). The largest absolute Gasteiger partial charge is 0.508 e. The van der Waals surface area contributed by atoms with Crippen molar-refractivity contribution in [3.63, 3.8) is 0 Å². The van der Waals surface area contributed by atoms with Crippen molar-refractivity contribution in [2.45, 2.75) is 12.8 Å². The van der Waals surface area contributed by atoms with Gasteiger partial charge in [-0.25, -0.2) is 0 Å². The number of phenolic OH excluding ortho intramolecular Hbond substituents is 2. The number of H-pyrrole nitrogens is 1. The first kappa shape index (κ1) is 19.4. The zero-order valence-corrected chi connectivity index (χ0v) is 17.0. The van der Waals surface area contributed by atoms with Crippen LogP contribution in [0.1, 0.15) is 24.0 Å². The maximum absolute atomic E-state index is 9.65. The standard InChI is InChI=1S/C23H18Cl2N2O2/c1-13(19-11-6-16(24)12-20(19)25)21-22(14-2-7-17(28)8-3-14)26-27-23(21)15-4-9-18(29)10-5-15/h2-13,28-29H,1H3,(H,26,27). The number of phenols is 2. The van der Waals surface area contributed by atoms with Crippen molar-refractivity contribution in [1.82, 2.24) is 10.2 Å². The normalized spacial score (nSPS) is 12.1. The third kappa shape index (κ3) is 3.82. The second kappa shape index (κ2) is 7.82. The molecule has 0 aliphatic heterocycles. The quantitative estimate of drug-likeness (QED) is 0.344. The van der Waals surface area contributed by atoms with Crippen LogP contribution in [0.25, 0.3) is 22.5 Å². The number of hydrogen-bond donors (Lipinski definition) is 3. The fourth-order valence-electron chi connectivity index (χ4n) is 3.47. The van der Waals surface area contributed by atoms with Crippen LogP contribution in [0.5, 0.6) is 11.5 Å². The average molecular weight is 425 g/mol. The first-order chi connectivity index (χ1) is 13.9. The minimum atomic E-state index is -0.0916. The highest BCUT2D eigenvalue weighted by Crippen LogP contribution is 2.41. The van der Waals surface area contributed by atoms with Crippen molar-refractivity contribution in [1.29, 1.82) is 0 Å². The average Bonchev–Trinajstić information content (AvgIpc) is 3.14. The van der Waals surface area contributed by atoms with E-state index in [1.165, 1.54) is 0 Å². The Bertz CT molecular complexity index is 1090. The number of aromatic nitrogens is 2.